The number of nitrogens with zero attached hydrogens (tertiary/aromatic N) is 1. The molecule has 9 aromatic rings. The van der Waals surface area contributed by atoms with Crippen molar-refractivity contribution in [3.05, 3.63) is 211 Å². The lowest BCUT2D eigenvalue weighted by molar-refractivity contribution is 0.445. The highest BCUT2D eigenvalue weighted by molar-refractivity contribution is 6.10. The maximum absolute atomic E-state index is 2.59. The van der Waals surface area contributed by atoms with Gasteiger partial charge in [0, 0.05) is 16.7 Å². The molecule has 1 nitrogen and oxygen atoms in total. The molecule has 1 saturated carbocycles. The first-order valence-corrected chi connectivity index (χ1v) is 22.2. The zero-order valence-corrected chi connectivity index (χ0v) is 35.6. The van der Waals surface area contributed by atoms with Crippen molar-refractivity contribution in [2.75, 3.05) is 4.90 Å². The SMILES string of the molecule is CC(C)(C)c1ccc(-c2ccccc2)c(N(c2ccccc2-c2cccc3cccc(-c4ccccc4)c23)c2ccccc2-c2cccc3cccc(C4CCCCC4)c23)c1. The van der Waals surface area contributed by atoms with Crippen molar-refractivity contribution in [3.8, 4) is 44.5 Å². The van der Waals surface area contributed by atoms with Gasteiger partial charge in [-0.15, -0.1) is 0 Å². The van der Waals surface area contributed by atoms with Gasteiger partial charge in [-0.25, -0.2) is 0 Å². The van der Waals surface area contributed by atoms with Gasteiger partial charge in [0.25, 0.3) is 0 Å². The predicted molar refractivity (Wildman–Crippen MR) is 262 cm³/mol. The lowest BCUT2D eigenvalue weighted by Crippen LogP contribution is -2.17. The molecule has 1 aliphatic carbocycles. The minimum Gasteiger partial charge on any atom is -0.309 e. The van der Waals surface area contributed by atoms with Crippen LogP contribution >= 0.6 is 0 Å². The number of rotatable bonds is 8. The highest BCUT2D eigenvalue weighted by atomic mass is 15.2. The van der Waals surface area contributed by atoms with Crippen molar-refractivity contribution in [3.63, 3.8) is 0 Å². The number of benzene rings is 9. The Bertz CT molecular complexity index is 2970. The standard InChI is InChI=1S/C60H53N/c1-60(2,3)47-39-40-48(42-21-7-4-8-22-42)57(41-47)61(55-37-15-13-31-51(55)53-35-19-29-45-27-17-33-49(58(45)53)43-23-9-5-10-24-43)56-38-16-14-32-52(56)54-36-20-30-46-28-18-34-50(59(46)54)44-25-11-6-12-26-44/h4-5,7-10,13-24,27-41,44H,6,11-12,25-26H2,1-3H3. The van der Waals surface area contributed by atoms with Gasteiger partial charge in [-0.3, -0.25) is 0 Å². The van der Waals surface area contributed by atoms with Gasteiger partial charge in [0.2, 0.25) is 0 Å². The number of para-hydroxylation sites is 2. The van der Waals surface area contributed by atoms with Gasteiger partial charge >= 0.3 is 0 Å². The maximum Gasteiger partial charge on any atom is 0.0543 e. The fourth-order valence-electron chi connectivity index (χ4n) is 10.00. The summed E-state index contributed by atoms with van der Waals surface area (Å²) >= 11 is 0. The van der Waals surface area contributed by atoms with Crippen LogP contribution in [0.2, 0.25) is 0 Å². The lowest BCUT2D eigenvalue weighted by Gasteiger charge is -2.33. The average molecular weight is 788 g/mol. The van der Waals surface area contributed by atoms with E-state index in [2.05, 4.69) is 226 Å². The predicted octanol–water partition coefficient (Wildman–Crippen LogP) is 17.5. The van der Waals surface area contributed by atoms with E-state index in [1.807, 2.05) is 0 Å². The first-order valence-electron chi connectivity index (χ1n) is 22.2. The molecule has 0 radical (unpaired) electrons. The van der Waals surface area contributed by atoms with E-state index in [9.17, 15) is 0 Å². The number of hydrogen-bond acceptors (Lipinski definition) is 1. The third-order valence-corrected chi connectivity index (χ3v) is 13.0. The molecule has 1 heteroatoms. The van der Waals surface area contributed by atoms with Crippen LogP contribution in [0.3, 0.4) is 0 Å². The van der Waals surface area contributed by atoms with Crippen LogP contribution in [0.25, 0.3) is 66.1 Å². The molecule has 1 aliphatic rings. The van der Waals surface area contributed by atoms with E-state index >= 15 is 0 Å². The fraction of sp³-hybridized carbons (Fsp3) is 0.167. The van der Waals surface area contributed by atoms with Gasteiger partial charge in [-0.1, -0.05) is 222 Å². The summed E-state index contributed by atoms with van der Waals surface area (Å²) in [4.78, 5) is 2.59. The Morgan fingerprint density at radius 2 is 0.852 bits per heavy atom. The molecule has 0 atom stereocenters. The van der Waals surface area contributed by atoms with Crippen LogP contribution in [0.1, 0.15) is 69.9 Å². The molecule has 0 aliphatic heterocycles. The second-order valence-corrected chi connectivity index (χ2v) is 17.9. The molecule has 0 spiro atoms. The number of fused-ring (bicyclic) bond motifs is 2. The van der Waals surface area contributed by atoms with Crippen molar-refractivity contribution >= 4 is 38.6 Å². The zero-order valence-electron chi connectivity index (χ0n) is 35.6. The van der Waals surface area contributed by atoms with Crippen LogP contribution in [0.4, 0.5) is 17.1 Å². The van der Waals surface area contributed by atoms with E-state index in [-0.39, 0.29) is 5.41 Å². The molecule has 0 unspecified atom stereocenters. The van der Waals surface area contributed by atoms with E-state index in [0.717, 1.165) is 17.1 Å². The van der Waals surface area contributed by atoms with E-state index < -0.39 is 0 Å². The number of hydrogen-bond donors (Lipinski definition) is 0. The Morgan fingerprint density at radius 1 is 0.377 bits per heavy atom. The van der Waals surface area contributed by atoms with Crippen LogP contribution in [0, 0.1) is 0 Å². The fourth-order valence-corrected chi connectivity index (χ4v) is 10.00. The normalized spacial score (nSPS) is 13.4. The Labute approximate surface area is 362 Å². The summed E-state index contributed by atoms with van der Waals surface area (Å²) in [5, 5.41) is 5.19. The van der Waals surface area contributed by atoms with E-state index in [4.69, 9.17) is 0 Å². The minimum absolute atomic E-state index is 0.0700. The largest absolute Gasteiger partial charge is 0.309 e. The molecule has 9 aromatic carbocycles. The zero-order chi connectivity index (χ0) is 41.3. The molecule has 0 aromatic heterocycles. The monoisotopic (exact) mass is 787 g/mol. The second-order valence-electron chi connectivity index (χ2n) is 17.9. The number of anilines is 3. The Morgan fingerprint density at radius 3 is 1.44 bits per heavy atom. The van der Waals surface area contributed by atoms with Gasteiger partial charge in [0.1, 0.15) is 0 Å². The van der Waals surface area contributed by atoms with Gasteiger partial charge in [-0.05, 0) is 103 Å². The first kappa shape index (κ1) is 38.5. The molecule has 0 amide bonds. The molecule has 0 heterocycles. The summed E-state index contributed by atoms with van der Waals surface area (Å²) < 4.78 is 0. The molecule has 0 N–H and O–H groups in total. The molecule has 61 heavy (non-hydrogen) atoms. The summed E-state index contributed by atoms with van der Waals surface area (Å²) in [7, 11) is 0. The Balaban J connectivity index is 1.30. The van der Waals surface area contributed by atoms with E-state index in [0.29, 0.717) is 5.92 Å². The van der Waals surface area contributed by atoms with Crippen LogP contribution < -0.4 is 4.90 Å². The Hall–Kier alpha value is -6.70. The third kappa shape index (κ3) is 7.33. The van der Waals surface area contributed by atoms with Crippen LogP contribution in [-0.4, -0.2) is 0 Å². The first-order chi connectivity index (χ1) is 29.9. The molecular weight excluding hydrogens is 735 g/mol. The third-order valence-electron chi connectivity index (χ3n) is 13.0. The second kappa shape index (κ2) is 16.4. The highest BCUT2D eigenvalue weighted by Gasteiger charge is 2.27. The summed E-state index contributed by atoms with van der Waals surface area (Å²) in [5.74, 6) is 0.570. The van der Waals surface area contributed by atoms with Gasteiger partial charge in [0.15, 0.2) is 0 Å². The van der Waals surface area contributed by atoms with E-state index in [1.54, 1.807) is 0 Å². The van der Waals surface area contributed by atoms with Crippen molar-refractivity contribution in [1.82, 2.24) is 0 Å². The summed E-state index contributed by atoms with van der Waals surface area (Å²) in [6.45, 7) is 6.97. The van der Waals surface area contributed by atoms with Gasteiger partial charge in [0.05, 0.1) is 17.1 Å². The summed E-state index contributed by atoms with van der Waals surface area (Å²) in [5.41, 5.74) is 16.0. The molecule has 0 bridgehead atoms. The molecular formula is C60H53N. The van der Waals surface area contributed by atoms with Gasteiger partial charge < -0.3 is 4.90 Å². The van der Waals surface area contributed by atoms with Crippen molar-refractivity contribution in [1.29, 1.82) is 0 Å². The van der Waals surface area contributed by atoms with Crippen LogP contribution in [0.15, 0.2) is 200 Å². The van der Waals surface area contributed by atoms with E-state index in [1.165, 1.54) is 109 Å². The van der Waals surface area contributed by atoms with Gasteiger partial charge in [-0.2, -0.15) is 0 Å². The summed E-state index contributed by atoms with van der Waals surface area (Å²) in [6, 6.07) is 74.7. The van der Waals surface area contributed by atoms with Crippen LogP contribution in [0.5, 0.6) is 0 Å². The topological polar surface area (TPSA) is 3.24 Å². The lowest BCUT2D eigenvalue weighted by atomic mass is 9.80. The van der Waals surface area contributed by atoms with Crippen molar-refractivity contribution in [2.45, 2.75) is 64.2 Å². The molecule has 0 saturated heterocycles. The Kier molecular flexibility index (Phi) is 10.3. The van der Waals surface area contributed by atoms with Crippen molar-refractivity contribution < 1.29 is 0 Å². The molecule has 1 fully saturated rings. The highest BCUT2D eigenvalue weighted by Crippen LogP contribution is 2.51. The maximum atomic E-state index is 2.59. The van der Waals surface area contributed by atoms with Crippen LogP contribution in [-0.2, 0) is 5.41 Å². The smallest absolute Gasteiger partial charge is 0.0543 e. The molecule has 10 rings (SSSR count). The van der Waals surface area contributed by atoms with Crippen molar-refractivity contribution in [2.24, 2.45) is 0 Å². The molecule has 298 valence electrons. The summed E-state index contributed by atoms with van der Waals surface area (Å²) in [6.07, 6.45) is 6.45. The average Bonchev–Trinajstić information content (AvgIpc) is 3.32. The quantitative estimate of drug-likeness (QED) is 0.148. The minimum atomic E-state index is -0.0700.